The van der Waals surface area contributed by atoms with Crippen LogP contribution >= 0.6 is 0 Å². The molecule has 112 valence electrons. The highest BCUT2D eigenvalue weighted by atomic mass is 16.2. The van der Waals surface area contributed by atoms with Crippen molar-refractivity contribution in [3.63, 3.8) is 0 Å². The zero-order valence-corrected chi connectivity index (χ0v) is 12.5. The third-order valence-electron chi connectivity index (χ3n) is 3.26. The SMILES string of the molecule is CCN(CC)C(=O)c1cc(NC(C)c2ncn[nH]2)ccn1. The van der Waals surface area contributed by atoms with Crippen LogP contribution in [0.1, 0.15) is 43.1 Å². The van der Waals surface area contributed by atoms with Crippen LogP contribution in [0.4, 0.5) is 5.69 Å². The van der Waals surface area contributed by atoms with Crippen LogP contribution in [0.2, 0.25) is 0 Å². The number of carbonyl (C=O) groups excluding carboxylic acids is 1. The van der Waals surface area contributed by atoms with Gasteiger partial charge in [-0.1, -0.05) is 0 Å². The predicted octanol–water partition coefficient (Wildman–Crippen LogP) is 1.85. The Hall–Kier alpha value is -2.44. The van der Waals surface area contributed by atoms with Gasteiger partial charge in [0.1, 0.15) is 17.8 Å². The molecule has 0 fully saturated rings. The van der Waals surface area contributed by atoms with Gasteiger partial charge in [0.25, 0.3) is 5.91 Å². The number of nitrogens with zero attached hydrogens (tertiary/aromatic N) is 4. The van der Waals surface area contributed by atoms with Gasteiger partial charge in [-0.2, -0.15) is 5.10 Å². The number of H-pyrrole nitrogens is 1. The monoisotopic (exact) mass is 288 g/mol. The lowest BCUT2D eigenvalue weighted by Crippen LogP contribution is -2.31. The summed E-state index contributed by atoms with van der Waals surface area (Å²) in [6, 6.07) is 3.55. The molecular weight excluding hydrogens is 268 g/mol. The van der Waals surface area contributed by atoms with Gasteiger partial charge in [-0.05, 0) is 32.9 Å². The normalized spacial score (nSPS) is 12.0. The molecule has 0 aliphatic heterocycles. The molecule has 1 unspecified atom stereocenters. The summed E-state index contributed by atoms with van der Waals surface area (Å²) < 4.78 is 0. The summed E-state index contributed by atoms with van der Waals surface area (Å²) in [5, 5.41) is 9.91. The van der Waals surface area contributed by atoms with E-state index in [1.165, 1.54) is 6.33 Å². The summed E-state index contributed by atoms with van der Waals surface area (Å²) in [6.45, 7) is 7.21. The van der Waals surface area contributed by atoms with Crippen molar-refractivity contribution in [3.8, 4) is 0 Å². The molecule has 7 heteroatoms. The molecule has 2 heterocycles. The average Bonchev–Trinajstić information content (AvgIpc) is 3.03. The molecular formula is C14H20N6O. The highest BCUT2D eigenvalue weighted by Gasteiger charge is 2.15. The molecule has 2 aromatic heterocycles. The highest BCUT2D eigenvalue weighted by Crippen LogP contribution is 2.16. The molecule has 0 spiro atoms. The van der Waals surface area contributed by atoms with Crippen molar-refractivity contribution < 1.29 is 4.79 Å². The summed E-state index contributed by atoms with van der Waals surface area (Å²) in [5.74, 6) is 0.680. The molecule has 7 nitrogen and oxygen atoms in total. The van der Waals surface area contributed by atoms with Crippen LogP contribution in [-0.4, -0.2) is 44.1 Å². The van der Waals surface area contributed by atoms with E-state index in [0.717, 1.165) is 11.5 Å². The van der Waals surface area contributed by atoms with Crippen LogP contribution < -0.4 is 5.32 Å². The zero-order valence-electron chi connectivity index (χ0n) is 12.5. The van der Waals surface area contributed by atoms with E-state index < -0.39 is 0 Å². The third kappa shape index (κ3) is 3.56. The van der Waals surface area contributed by atoms with E-state index in [-0.39, 0.29) is 11.9 Å². The maximum atomic E-state index is 12.3. The maximum absolute atomic E-state index is 12.3. The fourth-order valence-corrected chi connectivity index (χ4v) is 2.05. The molecule has 0 aliphatic rings. The number of aromatic nitrogens is 4. The summed E-state index contributed by atoms with van der Waals surface area (Å²) in [4.78, 5) is 22.3. The van der Waals surface area contributed by atoms with E-state index in [1.807, 2.05) is 26.8 Å². The van der Waals surface area contributed by atoms with E-state index in [4.69, 9.17) is 0 Å². The lowest BCUT2D eigenvalue weighted by Gasteiger charge is -2.19. The molecule has 0 aromatic carbocycles. The first-order chi connectivity index (χ1) is 10.2. The smallest absolute Gasteiger partial charge is 0.272 e. The summed E-state index contributed by atoms with van der Waals surface area (Å²) in [6.07, 6.45) is 3.10. The minimum atomic E-state index is -0.0593. The van der Waals surface area contributed by atoms with E-state index in [1.54, 1.807) is 17.2 Å². The summed E-state index contributed by atoms with van der Waals surface area (Å²) in [5.41, 5.74) is 1.26. The van der Waals surface area contributed by atoms with Crippen molar-refractivity contribution in [2.45, 2.75) is 26.8 Å². The first-order valence-corrected chi connectivity index (χ1v) is 7.02. The van der Waals surface area contributed by atoms with Gasteiger partial charge in [0.05, 0.1) is 6.04 Å². The van der Waals surface area contributed by atoms with Crippen LogP contribution in [0.3, 0.4) is 0 Å². The van der Waals surface area contributed by atoms with Crippen LogP contribution in [0.15, 0.2) is 24.7 Å². The Kier molecular flexibility index (Phi) is 4.86. The maximum Gasteiger partial charge on any atom is 0.272 e. The van der Waals surface area contributed by atoms with Crippen molar-refractivity contribution >= 4 is 11.6 Å². The summed E-state index contributed by atoms with van der Waals surface area (Å²) in [7, 11) is 0. The van der Waals surface area contributed by atoms with Gasteiger partial charge in [0, 0.05) is 25.0 Å². The quantitative estimate of drug-likeness (QED) is 0.847. The van der Waals surface area contributed by atoms with Gasteiger partial charge in [-0.3, -0.25) is 14.9 Å². The van der Waals surface area contributed by atoms with Crippen LogP contribution in [0.5, 0.6) is 0 Å². The number of pyridine rings is 1. The number of carbonyl (C=O) groups is 1. The molecule has 21 heavy (non-hydrogen) atoms. The Morgan fingerprint density at radius 2 is 2.14 bits per heavy atom. The predicted molar refractivity (Wildman–Crippen MR) is 79.9 cm³/mol. The van der Waals surface area contributed by atoms with E-state index >= 15 is 0 Å². The molecule has 0 aliphatic carbocycles. The molecule has 0 saturated heterocycles. The van der Waals surface area contributed by atoms with E-state index in [2.05, 4.69) is 25.5 Å². The van der Waals surface area contributed by atoms with Gasteiger partial charge >= 0.3 is 0 Å². The zero-order chi connectivity index (χ0) is 15.2. The largest absolute Gasteiger partial charge is 0.375 e. The van der Waals surface area contributed by atoms with E-state index in [0.29, 0.717) is 18.8 Å². The molecule has 0 radical (unpaired) electrons. The van der Waals surface area contributed by atoms with Gasteiger partial charge in [-0.25, -0.2) is 4.98 Å². The molecule has 2 aromatic rings. The van der Waals surface area contributed by atoms with Crippen molar-refractivity contribution in [2.24, 2.45) is 0 Å². The first kappa shape index (κ1) is 15.0. The third-order valence-corrected chi connectivity index (χ3v) is 3.26. The molecule has 2 rings (SSSR count). The fraction of sp³-hybridized carbons (Fsp3) is 0.429. The lowest BCUT2D eigenvalue weighted by molar-refractivity contribution is 0.0767. The molecule has 2 N–H and O–H groups in total. The highest BCUT2D eigenvalue weighted by molar-refractivity contribution is 5.93. The standard InChI is InChI=1S/C14H20N6O/c1-4-20(5-2)14(21)12-8-11(6-7-15-12)18-10(3)13-16-9-17-19-13/h6-10H,4-5H2,1-3H3,(H,15,18)(H,16,17,19). The van der Waals surface area contributed by atoms with Crippen molar-refractivity contribution in [1.29, 1.82) is 0 Å². The second-order valence-corrected chi connectivity index (χ2v) is 4.64. The minimum absolute atomic E-state index is 0.0358. The number of rotatable bonds is 6. The Bertz CT molecular complexity index is 579. The average molecular weight is 288 g/mol. The first-order valence-electron chi connectivity index (χ1n) is 7.02. The van der Waals surface area contributed by atoms with E-state index in [9.17, 15) is 4.79 Å². The topological polar surface area (TPSA) is 86.8 Å². The Balaban J connectivity index is 2.12. The lowest BCUT2D eigenvalue weighted by atomic mass is 10.2. The molecule has 0 saturated carbocycles. The van der Waals surface area contributed by atoms with Gasteiger partial charge in [0.2, 0.25) is 0 Å². The second-order valence-electron chi connectivity index (χ2n) is 4.64. The van der Waals surface area contributed by atoms with Crippen molar-refractivity contribution in [1.82, 2.24) is 25.1 Å². The number of hydrogen-bond donors (Lipinski definition) is 2. The molecule has 0 bridgehead atoms. The second kappa shape index (κ2) is 6.83. The molecule has 1 atom stereocenters. The number of aromatic amines is 1. The Morgan fingerprint density at radius 1 is 1.38 bits per heavy atom. The molecule has 1 amide bonds. The number of amides is 1. The van der Waals surface area contributed by atoms with Crippen molar-refractivity contribution in [2.75, 3.05) is 18.4 Å². The van der Waals surface area contributed by atoms with Crippen LogP contribution in [-0.2, 0) is 0 Å². The Morgan fingerprint density at radius 3 is 2.76 bits per heavy atom. The number of anilines is 1. The number of nitrogens with one attached hydrogen (secondary N) is 2. The fourth-order valence-electron chi connectivity index (χ4n) is 2.05. The van der Waals surface area contributed by atoms with Crippen LogP contribution in [0, 0.1) is 0 Å². The van der Waals surface area contributed by atoms with Crippen molar-refractivity contribution in [3.05, 3.63) is 36.2 Å². The Labute approximate surface area is 123 Å². The van der Waals surface area contributed by atoms with Gasteiger partial charge < -0.3 is 10.2 Å². The van der Waals surface area contributed by atoms with Crippen LogP contribution in [0.25, 0.3) is 0 Å². The minimum Gasteiger partial charge on any atom is -0.375 e. The summed E-state index contributed by atoms with van der Waals surface area (Å²) >= 11 is 0. The van der Waals surface area contributed by atoms with Gasteiger partial charge in [0.15, 0.2) is 0 Å². The number of hydrogen-bond acceptors (Lipinski definition) is 5. The van der Waals surface area contributed by atoms with Gasteiger partial charge in [-0.15, -0.1) is 0 Å².